The van der Waals surface area contributed by atoms with E-state index in [9.17, 15) is 14.0 Å². The van der Waals surface area contributed by atoms with E-state index in [-0.39, 0.29) is 23.0 Å². The Bertz CT molecular complexity index is 1380. The van der Waals surface area contributed by atoms with Crippen LogP contribution in [-0.2, 0) is 11.3 Å². The van der Waals surface area contributed by atoms with E-state index in [4.69, 9.17) is 4.98 Å². The average molecular weight is 462 g/mol. The molecule has 0 N–H and O–H groups in total. The molecule has 1 amide bonds. The maximum atomic E-state index is 13.4. The number of carbonyl (C=O) groups is 1. The van der Waals surface area contributed by atoms with Crippen LogP contribution in [0.5, 0.6) is 0 Å². The third-order valence-corrected chi connectivity index (χ3v) is 6.34. The van der Waals surface area contributed by atoms with Crippen molar-refractivity contribution in [2.75, 3.05) is 12.8 Å². The van der Waals surface area contributed by atoms with Crippen molar-refractivity contribution in [3.8, 4) is 5.69 Å². The number of thioether (sulfide) groups is 1. The lowest BCUT2D eigenvalue weighted by Crippen LogP contribution is -2.28. The standard InChI is InChI=1S/C26H24FN3O2S/c1-17-8-13-23(18(2)14-17)30-25(32)21-6-4-5-7-22(21)28-26(30)33-16-24(31)29(3)15-19-9-11-20(27)12-10-19/h4-14H,15-16H2,1-3H3. The van der Waals surface area contributed by atoms with Gasteiger partial charge in [-0.3, -0.25) is 14.2 Å². The minimum atomic E-state index is -0.310. The second-order valence-corrected chi connectivity index (χ2v) is 8.95. The summed E-state index contributed by atoms with van der Waals surface area (Å²) in [5.41, 5.74) is 4.08. The van der Waals surface area contributed by atoms with E-state index in [2.05, 4.69) is 0 Å². The maximum Gasteiger partial charge on any atom is 0.266 e. The molecule has 0 radical (unpaired) electrons. The summed E-state index contributed by atoms with van der Waals surface area (Å²) in [6.07, 6.45) is 0. The molecule has 4 aromatic rings. The summed E-state index contributed by atoms with van der Waals surface area (Å²) in [4.78, 5) is 32.5. The van der Waals surface area contributed by atoms with Crippen molar-refractivity contribution in [1.29, 1.82) is 0 Å². The third-order valence-electron chi connectivity index (χ3n) is 5.42. The van der Waals surface area contributed by atoms with Crippen molar-refractivity contribution >= 4 is 28.6 Å². The van der Waals surface area contributed by atoms with E-state index < -0.39 is 0 Å². The maximum absolute atomic E-state index is 13.4. The largest absolute Gasteiger partial charge is 0.341 e. The number of benzene rings is 3. The van der Waals surface area contributed by atoms with Gasteiger partial charge in [0, 0.05) is 13.6 Å². The van der Waals surface area contributed by atoms with Gasteiger partial charge in [0.15, 0.2) is 5.16 Å². The molecule has 5 nitrogen and oxygen atoms in total. The fraction of sp³-hybridized carbons (Fsp3) is 0.192. The zero-order valence-electron chi connectivity index (χ0n) is 18.7. The molecule has 0 aliphatic rings. The molecule has 0 spiro atoms. The number of hydrogen-bond acceptors (Lipinski definition) is 4. The molecule has 0 unspecified atom stereocenters. The summed E-state index contributed by atoms with van der Waals surface area (Å²) in [5.74, 6) is -0.304. The molecule has 7 heteroatoms. The second kappa shape index (κ2) is 9.58. The molecule has 1 heterocycles. The minimum absolute atomic E-state index is 0.112. The van der Waals surface area contributed by atoms with Gasteiger partial charge in [0.05, 0.1) is 22.3 Å². The molecule has 168 valence electrons. The summed E-state index contributed by atoms with van der Waals surface area (Å²) >= 11 is 1.23. The first-order valence-electron chi connectivity index (χ1n) is 10.5. The molecule has 3 aromatic carbocycles. The van der Waals surface area contributed by atoms with Crippen LogP contribution in [0.25, 0.3) is 16.6 Å². The predicted octanol–water partition coefficient (Wildman–Crippen LogP) is 4.89. The second-order valence-electron chi connectivity index (χ2n) is 8.01. The molecular weight excluding hydrogens is 437 g/mol. The molecule has 0 saturated carbocycles. The van der Waals surface area contributed by atoms with E-state index in [1.807, 2.05) is 44.2 Å². The van der Waals surface area contributed by atoms with Gasteiger partial charge in [-0.05, 0) is 55.3 Å². The summed E-state index contributed by atoms with van der Waals surface area (Å²) in [6, 6.07) is 19.2. The van der Waals surface area contributed by atoms with E-state index >= 15 is 0 Å². The Morgan fingerprint density at radius 3 is 2.52 bits per heavy atom. The SMILES string of the molecule is Cc1ccc(-n2c(SCC(=O)N(C)Cc3ccc(F)cc3)nc3ccccc3c2=O)c(C)c1. The molecule has 0 saturated heterocycles. The topological polar surface area (TPSA) is 55.2 Å². The first-order valence-corrected chi connectivity index (χ1v) is 11.5. The first kappa shape index (κ1) is 22.7. The average Bonchev–Trinajstić information content (AvgIpc) is 2.80. The van der Waals surface area contributed by atoms with Crippen LogP contribution in [0.15, 0.2) is 76.7 Å². The summed E-state index contributed by atoms with van der Waals surface area (Å²) in [7, 11) is 1.71. The number of amides is 1. The lowest BCUT2D eigenvalue weighted by molar-refractivity contribution is -0.127. The van der Waals surface area contributed by atoms with Crippen LogP contribution in [-0.4, -0.2) is 33.2 Å². The van der Waals surface area contributed by atoms with Gasteiger partial charge in [-0.15, -0.1) is 0 Å². The van der Waals surface area contributed by atoms with Crippen molar-refractivity contribution in [2.45, 2.75) is 25.5 Å². The quantitative estimate of drug-likeness (QED) is 0.303. The van der Waals surface area contributed by atoms with Crippen LogP contribution in [0, 0.1) is 19.7 Å². The third kappa shape index (κ3) is 4.98. The van der Waals surface area contributed by atoms with Crippen molar-refractivity contribution in [3.05, 3.63) is 99.6 Å². The molecule has 33 heavy (non-hydrogen) atoms. The summed E-state index contributed by atoms with van der Waals surface area (Å²) < 4.78 is 14.7. The number of aromatic nitrogens is 2. The first-order chi connectivity index (χ1) is 15.8. The van der Waals surface area contributed by atoms with Crippen LogP contribution < -0.4 is 5.56 Å². The number of carbonyl (C=O) groups excluding carboxylic acids is 1. The lowest BCUT2D eigenvalue weighted by atomic mass is 10.1. The van der Waals surface area contributed by atoms with E-state index in [0.717, 1.165) is 22.4 Å². The molecule has 4 rings (SSSR count). The van der Waals surface area contributed by atoms with Gasteiger partial charge in [-0.25, -0.2) is 9.37 Å². The van der Waals surface area contributed by atoms with Crippen molar-refractivity contribution in [1.82, 2.24) is 14.5 Å². The van der Waals surface area contributed by atoms with Crippen LogP contribution in [0.3, 0.4) is 0 Å². The van der Waals surface area contributed by atoms with E-state index in [1.165, 1.54) is 23.9 Å². The number of halogens is 1. The molecule has 1 aromatic heterocycles. The Labute approximate surface area is 195 Å². The number of hydrogen-bond donors (Lipinski definition) is 0. The minimum Gasteiger partial charge on any atom is -0.341 e. The molecule has 0 atom stereocenters. The Kier molecular flexibility index (Phi) is 6.60. The molecule has 0 aliphatic carbocycles. The van der Waals surface area contributed by atoms with E-state index in [0.29, 0.717) is 22.6 Å². The number of aryl methyl sites for hydroxylation is 2. The highest BCUT2D eigenvalue weighted by molar-refractivity contribution is 7.99. The Balaban J connectivity index is 1.64. The van der Waals surface area contributed by atoms with Crippen molar-refractivity contribution in [2.24, 2.45) is 0 Å². The zero-order chi connectivity index (χ0) is 23.5. The number of fused-ring (bicyclic) bond motifs is 1. The monoisotopic (exact) mass is 461 g/mol. The van der Waals surface area contributed by atoms with Gasteiger partial charge in [0.25, 0.3) is 5.56 Å². The van der Waals surface area contributed by atoms with Gasteiger partial charge in [0.1, 0.15) is 5.82 Å². The van der Waals surface area contributed by atoms with Gasteiger partial charge in [-0.1, -0.05) is 53.7 Å². The summed E-state index contributed by atoms with van der Waals surface area (Å²) in [6.45, 7) is 4.33. The Morgan fingerprint density at radius 2 is 1.79 bits per heavy atom. The van der Waals surface area contributed by atoms with Crippen molar-refractivity contribution in [3.63, 3.8) is 0 Å². The van der Waals surface area contributed by atoms with E-state index in [1.54, 1.807) is 40.8 Å². The van der Waals surface area contributed by atoms with Crippen LogP contribution in [0.2, 0.25) is 0 Å². The Morgan fingerprint density at radius 1 is 1.06 bits per heavy atom. The van der Waals surface area contributed by atoms with Crippen LogP contribution in [0.1, 0.15) is 16.7 Å². The fourth-order valence-electron chi connectivity index (χ4n) is 3.67. The molecule has 0 aliphatic heterocycles. The number of para-hydroxylation sites is 1. The smallest absolute Gasteiger partial charge is 0.266 e. The number of rotatable bonds is 6. The van der Waals surface area contributed by atoms with Gasteiger partial charge >= 0.3 is 0 Å². The highest BCUT2D eigenvalue weighted by Gasteiger charge is 2.17. The molecule has 0 fully saturated rings. The Hall–Kier alpha value is -3.45. The molecule has 0 bridgehead atoms. The highest BCUT2D eigenvalue weighted by Crippen LogP contribution is 2.24. The van der Waals surface area contributed by atoms with Crippen molar-refractivity contribution < 1.29 is 9.18 Å². The fourth-order valence-corrected chi connectivity index (χ4v) is 4.61. The number of nitrogens with zero attached hydrogens (tertiary/aromatic N) is 3. The van der Waals surface area contributed by atoms with Gasteiger partial charge in [-0.2, -0.15) is 0 Å². The lowest BCUT2D eigenvalue weighted by Gasteiger charge is -2.18. The summed E-state index contributed by atoms with van der Waals surface area (Å²) in [5, 5.41) is 0.996. The van der Waals surface area contributed by atoms with Gasteiger partial charge < -0.3 is 4.90 Å². The van der Waals surface area contributed by atoms with Crippen LogP contribution in [0.4, 0.5) is 4.39 Å². The zero-order valence-corrected chi connectivity index (χ0v) is 19.5. The predicted molar refractivity (Wildman–Crippen MR) is 130 cm³/mol. The highest BCUT2D eigenvalue weighted by atomic mass is 32.2. The van der Waals surface area contributed by atoms with Crippen LogP contribution >= 0.6 is 11.8 Å². The normalized spacial score (nSPS) is 11.0. The molecular formula is C26H24FN3O2S. The van der Waals surface area contributed by atoms with Gasteiger partial charge in [0.2, 0.25) is 5.91 Å².